The molecule has 2 aliphatic rings. The lowest BCUT2D eigenvalue weighted by atomic mass is 9.82. The fraction of sp³-hybridized carbons (Fsp3) is 0.375. The molecule has 1 amide bonds. The van der Waals surface area contributed by atoms with E-state index >= 15 is 0 Å². The molecule has 2 saturated heterocycles. The van der Waals surface area contributed by atoms with Crippen LogP contribution in [-0.4, -0.2) is 60.7 Å². The summed E-state index contributed by atoms with van der Waals surface area (Å²) in [6.45, 7) is 1.00. The van der Waals surface area contributed by atoms with Crippen LogP contribution in [0.5, 0.6) is 5.75 Å². The highest BCUT2D eigenvalue weighted by atomic mass is 32.2. The van der Waals surface area contributed by atoms with Crippen LogP contribution in [0.4, 0.5) is 0 Å². The number of rotatable bonds is 3. The summed E-state index contributed by atoms with van der Waals surface area (Å²) in [5.41, 5.74) is 0.996. The molecule has 0 N–H and O–H groups in total. The van der Waals surface area contributed by atoms with Crippen LogP contribution >= 0.6 is 0 Å². The lowest BCUT2D eigenvalue weighted by Crippen LogP contribution is -2.69. The van der Waals surface area contributed by atoms with Gasteiger partial charge in [-0.2, -0.15) is 5.10 Å². The maximum Gasteiger partial charge on any atom is 0.274 e. The van der Waals surface area contributed by atoms with Gasteiger partial charge in [0, 0.05) is 24.7 Å². The molecule has 3 heterocycles. The molecule has 126 valence electrons. The molecule has 24 heavy (non-hydrogen) atoms. The molecule has 0 saturated carbocycles. The first-order valence-corrected chi connectivity index (χ1v) is 9.42. The van der Waals surface area contributed by atoms with Crippen LogP contribution in [0.3, 0.4) is 0 Å². The number of likely N-dealkylation sites (tertiary alicyclic amines) is 1. The average Bonchev–Trinajstić information content (AvgIpc) is 2.99. The number of nitrogens with zero attached hydrogens (tertiary/aromatic N) is 3. The summed E-state index contributed by atoms with van der Waals surface area (Å²) in [6.07, 6.45) is 1.73. The molecule has 0 radical (unpaired) electrons. The van der Waals surface area contributed by atoms with E-state index in [9.17, 15) is 13.2 Å². The van der Waals surface area contributed by atoms with Crippen LogP contribution < -0.4 is 4.74 Å². The lowest BCUT2D eigenvalue weighted by Gasteiger charge is -2.54. The smallest absolute Gasteiger partial charge is 0.274 e. The second-order valence-electron chi connectivity index (χ2n) is 6.54. The summed E-state index contributed by atoms with van der Waals surface area (Å²) in [6, 6.07) is 9.05. The Balaban J connectivity index is 1.44. The molecular formula is C16H17N3O4S. The van der Waals surface area contributed by atoms with Crippen molar-refractivity contribution in [2.24, 2.45) is 5.41 Å². The predicted molar refractivity (Wildman–Crippen MR) is 87.1 cm³/mol. The maximum atomic E-state index is 12.4. The molecule has 2 aliphatic heterocycles. The van der Waals surface area contributed by atoms with Gasteiger partial charge >= 0.3 is 0 Å². The molecule has 1 spiro atoms. The van der Waals surface area contributed by atoms with E-state index in [0.717, 1.165) is 11.4 Å². The minimum Gasteiger partial charge on any atom is -0.497 e. The maximum absolute atomic E-state index is 12.4. The molecular weight excluding hydrogens is 330 g/mol. The topological polar surface area (TPSA) is 81.5 Å². The Morgan fingerprint density at radius 2 is 1.83 bits per heavy atom. The van der Waals surface area contributed by atoms with Crippen molar-refractivity contribution >= 4 is 15.7 Å². The monoisotopic (exact) mass is 347 g/mol. The van der Waals surface area contributed by atoms with Gasteiger partial charge in [0.15, 0.2) is 15.5 Å². The summed E-state index contributed by atoms with van der Waals surface area (Å²) >= 11 is 0. The summed E-state index contributed by atoms with van der Waals surface area (Å²) in [5, 5.41) is 4.33. The minimum atomic E-state index is -2.87. The van der Waals surface area contributed by atoms with Crippen molar-refractivity contribution in [1.29, 1.82) is 0 Å². The molecule has 1 aromatic heterocycles. The number of benzene rings is 1. The van der Waals surface area contributed by atoms with Gasteiger partial charge in [-0.1, -0.05) is 0 Å². The van der Waals surface area contributed by atoms with Crippen molar-refractivity contribution in [3.8, 4) is 11.4 Å². The number of carbonyl (C=O) groups is 1. The first-order valence-electron chi connectivity index (χ1n) is 7.60. The predicted octanol–water partition coefficient (Wildman–Crippen LogP) is 0.751. The SMILES string of the molecule is COc1ccc(-n2ccc(C(=O)N3CC4(C3)CS(=O)(=O)C4)n2)cc1. The Bertz CT molecular complexity index is 882. The average molecular weight is 347 g/mol. The van der Waals surface area contributed by atoms with Crippen LogP contribution in [0.15, 0.2) is 36.5 Å². The molecule has 0 aliphatic carbocycles. The molecule has 2 aromatic rings. The third kappa shape index (κ3) is 2.47. The Morgan fingerprint density at radius 1 is 1.17 bits per heavy atom. The Labute approximate surface area is 139 Å². The number of sulfone groups is 1. The van der Waals surface area contributed by atoms with Crippen LogP contribution in [-0.2, 0) is 9.84 Å². The van der Waals surface area contributed by atoms with Gasteiger partial charge in [0.05, 0.1) is 24.3 Å². The fourth-order valence-electron chi connectivity index (χ4n) is 3.46. The third-order valence-electron chi connectivity index (χ3n) is 4.54. The van der Waals surface area contributed by atoms with Gasteiger partial charge in [-0.15, -0.1) is 0 Å². The number of hydrogen-bond acceptors (Lipinski definition) is 5. The molecule has 0 unspecified atom stereocenters. The number of amides is 1. The lowest BCUT2D eigenvalue weighted by molar-refractivity contribution is 0.0196. The van der Waals surface area contributed by atoms with Crippen molar-refractivity contribution in [1.82, 2.24) is 14.7 Å². The molecule has 4 rings (SSSR count). The second kappa shape index (κ2) is 5.07. The van der Waals surface area contributed by atoms with E-state index in [-0.39, 0.29) is 22.8 Å². The van der Waals surface area contributed by atoms with E-state index in [1.807, 2.05) is 24.3 Å². The molecule has 2 fully saturated rings. The number of ether oxygens (including phenoxy) is 1. The number of methoxy groups -OCH3 is 1. The van der Waals surface area contributed by atoms with Crippen LogP contribution in [0.1, 0.15) is 10.5 Å². The largest absolute Gasteiger partial charge is 0.497 e. The zero-order valence-electron chi connectivity index (χ0n) is 13.2. The van der Waals surface area contributed by atoms with Crippen molar-refractivity contribution in [2.45, 2.75) is 0 Å². The van der Waals surface area contributed by atoms with E-state index < -0.39 is 9.84 Å². The van der Waals surface area contributed by atoms with E-state index in [1.54, 1.807) is 29.0 Å². The summed E-state index contributed by atoms with van der Waals surface area (Å²) in [5.74, 6) is 0.995. The first kappa shape index (κ1) is 15.2. The molecule has 8 heteroatoms. The van der Waals surface area contributed by atoms with Crippen molar-refractivity contribution < 1.29 is 17.9 Å². The molecule has 1 aromatic carbocycles. The molecule has 0 atom stereocenters. The standard InChI is InChI=1S/C16H17N3O4S/c1-23-13-4-2-12(3-5-13)19-7-6-14(17-19)15(20)18-8-16(9-18)10-24(21,22)11-16/h2-7H,8-11H2,1H3. The van der Waals surface area contributed by atoms with Crippen LogP contribution in [0.2, 0.25) is 0 Å². The summed E-state index contributed by atoms with van der Waals surface area (Å²) in [4.78, 5) is 14.1. The number of carbonyl (C=O) groups excluding carboxylic acids is 1. The van der Waals surface area contributed by atoms with Gasteiger partial charge < -0.3 is 9.64 Å². The zero-order valence-corrected chi connectivity index (χ0v) is 14.0. The quantitative estimate of drug-likeness (QED) is 0.818. The Morgan fingerprint density at radius 3 is 2.42 bits per heavy atom. The summed E-state index contributed by atoms with van der Waals surface area (Å²) in [7, 11) is -1.27. The van der Waals surface area contributed by atoms with Crippen LogP contribution in [0.25, 0.3) is 5.69 Å². The zero-order chi connectivity index (χ0) is 16.9. The third-order valence-corrected chi connectivity index (χ3v) is 6.64. The van der Waals surface area contributed by atoms with Gasteiger partial charge in [0.25, 0.3) is 5.91 Å². The van der Waals surface area contributed by atoms with Gasteiger partial charge in [0.2, 0.25) is 0 Å². The normalized spacial score (nSPS) is 20.3. The minimum absolute atomic E-state index is 0.155. The fourth-order valence-corrected chi connectivity index (χ4v) is 5.61. The second-order valence-corrected chi connectivity index (χ2v) is 8.60. The van der Waals surface area contributed by atoms with E-state index in [2.05, 4.69) is 5.10 Å². The highest BCUT2D eigenvalue weighted by molar-refractivity contribution is 7.92. The van der Waals surface area contributed by atoms with Gasteiger partial charge in [0.1, 0.15) is 5.75 Å². The first-order chi connectivity index (χ1) is 11.4. The van der Waals surface area contributed by atoms with Crippen LogP contribution in [0, 0.1) is 5.41 Å². The van der Waals surface area contributed by atoms with Gasteiger partial charge in [-0.05, 0) is 30.3 Å². The van der Waals surface area contributed by atoms with Crippen molar-refractivity contribution in [3.05, 3.63) is 42.2 Å². The van der Waals surface area contributed by atoms with E-state index in [1.165, 1.54) is 0 Å². The van der Waals surface area contributed by atoms with Gasteiger partial charge in [-0.25, -0.2) is 13.1 Å². The van der Waals surface area contributed by atoms with E-state index in [4.69, 9.17) is 4.74 Å². The summed E-state index contributed by atoms with van der Waals surface area (Å²) < 4.78 is 29.4. The molecule has 7 nitrogen and oxygen atoms in total. The Hall–Kier alpha value is -2.35. The van der Waals surface area contributed by atoms with E-state index in [0.29, 0.717) is 18.8 Å². The van der Waals surface area contributed by atoms with Crippen molar-refractivity contribution in [2.75, 3.05) is 31.7 Å². The highest BCUT2D eigenvalue weighted by Gasteiger charge is 2.57. The Kier molecular flexibility index (Phi) is 3.21. The van der Waals surface area contributed by atoms with Crippen molar-refractivity contribution in [3.63, 3.8) is 0 Å². The number of aromatic nitrogens is 2. The highest BCUT2D eigenvalue weighted by Crippen LogP contribution is 2.41. The molecule has 0 bridgehead atoms. The number of hydrogen-bond donors (Lipinski definition) is 0. The van der Waals surface area contributed by atoms with Gasteiger partial charge in [-0.3, -0.25) is 4.79 Å².